The first-order valence-corrected chi connectivity index (χ1v) is 12.2. The molecule has 34 heavy (non-hydrogen) atoms. The van der Waals surface area contributed by atoms with E-state index in [1.165, 1.54) is 0 Å². The van der Waals surface area contributed by atoms with Gasteiger partial charge in [-0.1, -0.05) is 55.8 Å². The lowest BCUT2D eigenvalue weighted by molar-refractivity contribution is -0.133. The van der Waals surface area contributed by atoms with Gasteiger partial charge in [-0.25, -0.2) is 0 Å². The maximum absolute atomic E-state index is 13.7. The normalized spacial score (nSPS) is 22.0. The van der Waals surface area contributed by atoms with E-state index >= 15 is 0 Å². The quantitative estimate of drug-likeness (QED) is 0.684. The van der Waals surface area contributed by atoms with Crippen molar-refractivity contribution in [2.24, 2.45) is 5.41 Å². The van der Waals surface area contributed by atoms with Gasteiger partial charge in [0.25, 0.3) is 0 Å². The zero-order valence-electron chi connectivity index (χ0n) is 19.6. The molecular formula is C27H30ClN3O3. The highest BCUT2D eigenvalue weighted by Crippen LogP contribution is 2.49. The number of hydrogen-bond acceptors (Lipinski definition) is 5. The standard InChI is InChI=1S/C27H30ClN3O3/c1-27(2)15-21-25(23(32)16-27)26(18-7-3-4-8-19(18)28)31(22-10-6-5-9-20(22)29-21)17-24(33)30-11-13-34-14-12-30/h3-10,26,29H,11-17H2,1-2H3. The van der Waals surface area contributed by atoms with Gasteiger partial charge in [0, 0.05) is 35.8 Å². The maximum atomic E-state index is 13.7. The predicted molar refractivity (Wildman–Crippen MR) is 134 cm³/mol. The Balaban J connectivity index is 1.68. The largest absolute Gasteiger partial charge is 0.378 e. The predicted octanol–water partition coefficient (Wildman–Crippen LogP) is 4.82. The average Bonchev–Trinajstić information content (AvgIpc) is 2.94. The first-order chi connectivity index (χ1) is 16.3. The molecule has 1 unspecified atom stereocenters. The number of allylic oxidation sites excluding steroid dienone is 1. The van der Waals surface area contributed by atoms with Gasteiger partial charge in [-0.05, 0) is 35.6 Å². The number of halogens is 1. The fourth-order valence-corrected chi connectivity index (χ4v) is 5.55. The Bertz CT molecular complexity index is 1150. The van der Waals surface area contributed by atoms with E-state index in [0.29, 0.717) is 43.3 Å². The zero-order chi connectivity index (χ0) is 23.9. The third kappa shape index (κ3) is 4.32. The summed E-state index contributed by atoms with van der Waals surface area (Å²) in [6.07, 6.45) is 1.20. The Hall–Kier alpha value is -2.83. The Labute approximate surface area is 205 Å². The minimum Gasteiger partial charge on any atom is -0.378 e. The SMILES string of the molecule is CC1(C)CC(=O)C2=C(C1)Nc1ccccc1N(CC(=O)N1CCOCC1)C2c1ccccc1Cl. The van der Waals surface area contributed by atoms with Gasteiger partial charge in [0.1, 0.15) is 0 Å². The highest BCUT2D eigenvalue weighted by Gasteiger charge is 2.42. The summed E-state index contributed by atoms with van der Waals surface area (Å²) in [5.74, 6) is 0.114. The molecule has 6 nitrogen and oxygen atoms in total. The van der Waals surface area contributed by atoms with Crippen molar-refractivity contribution in [1.82, 2.24) is 4.90 Å². The van der Waals surface area contributed by atoms with Gasteiger partial charge in [0.05, 0.1) is 37.2 Å². The number of nitrogens with one attached hydrogen (secondary N) is 1. The summed E-state index contributed by atoms with van der Waals surface area (Å²) in [7, 11) is 0. The zero-order valence-corrected chi connectivity index (χ0v) is 20.4. The molecular weight excluding hydrogens is 450 g/mol. The van der Waals surface area contributed by atoms with Crippen LogP contribution in [0, 0.1) is 5.41 Å². The van der Waals surface area contributed by atoms with E-state index in [2.05, 4.69) is 24.1 Å². The molecule has 1 fully saturated rings. The molecule has 0 aromatic heterocycles. The van der Waals surface area contributed by atoms with Crippen LogP contribution in [0.4, 0.5) is 11.4 Å². The van der Waals surface area contributed by atoms with Crippen molar-refractivity contribution in [2.75, 3.05) is 43.1 Å². The van der Waals surface area contributed by atoms with Crippen LogP contribution in [0.1, 0.15) is 38.3 Å². The number of morpholine rings is 1. The highest BCUT2D eigenvalue weighted by atomic mass is 35.5. The van der Waals surface area contributed by atoms with Crippen molar-refractivity contribution in [3.8, 4) is 0 Å². The van der Waals surface area contributed by atoms with Gasteiger partial charge < -0.3 is 19.9 Å². The van der Waals surface area contributed by atoms with Crippen LogP contribution in [-0.4, -0.2) is 49.4 Å². The van der Waals surface area contributed by atoms with E-state index in [1.807, 2.05) is 53.4 Å². The molecule has 1 atom stereocenters. The monoisotopic (exact) mass is 479 g/mol. The summed E-state index contributed by atoms with van der Waals surface area (Å²) in [4.78, 5) is 31.1. The lowest BCUT2D eigenvalue weighted by atomic mass is 9.73. The van der Waals surface area contributed by atoms with Crippen molar-refractivity contribution in [3.05, 3.63) is 70.4 Å². The lowest BCUT2D eigenvalue weighted by Gasteiger charge is -2.39. The third-order valence-corrected chi connectivity index (χ3v) is 7.22. The highest BCUT2D eigenvalue weighted by molar-refractivity contribution is 6.31. The van der Waals surface area contributed by atoms with Gasteiger partial charge >= 0.3 is 0 Å². The van der Waals surface area contributed by atoms with Crippen LogP contribution in [0.3, 0.4) is 0 Å². The smallest absolute Gasteiger partial charge is 0.242 e. The van der Waals surface area contributed by atoms with Gasteiger partial charge in [-0.15, -0.1) is 0 Å². The molecule has 1 amide bonds. The number of rotatable bonds is 3. The van der Waals surface area contributed by atoms with Gasteiger partial charge in [-0.3, -0.25) is 9.59 Å². The minimum absolute atomic E-state index is 0.0165. The van der Waals surface area contributed by atoms with E-state index in [-0.39, 0.29) is 23.7 Å². The minimum atomic E-state index is -0.464. The number of benzene rings is 2. The molecule has 0 saturated carbocycles. The van der Waals surface area contributed by atoms with Crippen LogP contribution in [-0.2, 0) is 14.3 Å². The summed E-state index contributed by atoms with van der Waals surface area (Å²) < 4.78 is 5.44. The van der Waals surface area contributed by atoms with Crippen LogP contribution in [0.25, 0.3) is 0 Å². The van der Waals surface area contributed by atoms with Crippen LogP contribution in [0.15, 0.2) is 59.8 Å². The molecule has 3 aliphatic rings. The van der Waals surface area contributed by atoms with E-state index in [9.17, 15) is 9.59 Å². The van der Waals surface area contributed by atoms with Crippen molar-refractivity contribution < 1.29 is 14.3 Å². The Morgan fingerprint density at radius 1 is 1.09 bits per heavy atom. The number of fused-ring (bicyclic) bond motifs is 1. The van der Waals surface area contributed by atoms with Crippen molar-refractivity contribution in [3.63, 3.8) is 0 Å². The lowest BCUT2D eigenvalue weighted by Crippen LogP contribution is -2.47. The molecule has 0 bridgehead atoms. The molecule has 7 heteroatoms. The number of para-hydroxylation sites is 2. The van der Waals surface area contributed by atoms with Crippen molar-refractivity contribution in [2.45, 2.75) is 32.7 Å². The molecule has 0 radical (unpaired) electrons. The Morgan fingerprint density at radius 3 is 2.56 bits per heavy atom. The van der Waals surface area contributed by atoms with Crippen LogP contribution >= 0.6 is 11.6 Å². The number of carbonyl (C=O) groups excluding carboxylic acids is 2. The van der Waals surface area contributed by atoms with Crippen LogP contribution < -0.4 is 10.2 Å². The first kappa shape index (κ1) is 22.9. The molecule has 1 saturated heterocycles. The van der Waals surface area contributed by atoms with Crippen LogP contribution in [0.2, 0.25) is 5.02 Å². The van der Waals surface area contributed by atoms with Crippen molar-refractivity contribution in [1.29, 1.82) is 0 Å². The number of amides is 1. The molecule has 0 spiro atoms. The van der Waals surface area contributed by atoms with Crippen molar-refractivity contribution >= 4 is 34.7 Å². The van der Waals surface area contributed by atoms with E-state index in [1.54, 1.807) is 0 Å². The number of nitrogens with zero attached hydrogens (tertiary/aromatic N) is 2. The first-order valence-electron chi connectivity index (χ1n) is 11.8. The summed E-state index contributed by atoms with van der Waals surface area (Å²) in [6, 6.07) is 15.1. The number of anilines is 2. The molecule has 2 heterocycles. The molecule has 2 aliphatic heterocycles. The molecule has 2 aromatic rings. The number of carbonyl (C=O) groups is 2. The molecule has 1 N–H and O–H groups in total. The summed E-state index contributed by atoms with van der Waals surface area (Å²) in [5.41, 5.74) is 4.08. The van der Waals surface area contributed by atoms with E-state index in [0.717, 1.165) is 29.1 Å². The number of hydrogen-bond donors (Lipinski definition) is 1. The summed E-state index contributed by atoms with van der Waals surface area (Å²) in [5, 5.41) is 4.16. The summed E-state index contributed by atoms with van der Waals surface area (Å²) >= 11 is 6.73. The van der Waals surface area contributed by atoms with Gasteiger partial charge in [-0.2, -0.15) is 0 Å². The second-order valence-electron chi connectivity index (χ2n) is 10.0. The number of ketones is 1. The number of ether oxygens (including phenoxy) is 1. The maximum Gasteiger partial charge on any atom is 0.242 e. The average molecular weight is 480 g/mol. The fourth-order valence-electron chi connectivity index (χ4n) is 5.31. The second-order valence-corrected chi connectivity index (χ2v) is 10.4. The Morgan fingerprint density at radius 2 is 1.79 bits per heavy atom. The topological polar surface area (TPSA) is 61.9 Å². The fraction of sp³-hybridized carbons (Fsp3) is 0.407. The Kier molecular flexibility index (Phi) is 6.13. The molecule has 5 rings (SSSR count). The second kappa shape index (κ2) is 9.08. The number of Topliss-reactive ketones (excluding diaryl/α,β-unsaturated/α-hetero) is 1. The van der Waals surface area contributed by atoms with Gasteiger partial charge in [0.15, 0.2) is 5.78 Å². The molecule has 1 aliphatic carbocycles. The van der Waals surface area contributed by atoms with E-state index < -0.39 is 6.04 Å². The molecule has 2 aromatic carbocycles. The van der Waals surface area contributed by atoms with Crippen LogP contribution in [0.5, 0.6) is 0 Å². The third-order valence-electron chi connectivity index (χ3n) is 6.87. The molecule has 178 valence electrons. The van der Waals surface area contributed by atoms with Gasteiger partial charge in [0.2, 0.25) is 5.91 Å². The van der Waals surface area contributed by atoms with E-state index in [4.69, 9.17) is 16.3 Å². The summed E-state index contributed by atoms with van der Waals surface area (Å²) in [6.45, 7) is 6.62.